The number of amides is 3. The van der Waals surface area contributed by atoms with Crippen molar-refractivity contribution in [3.05, 3.63) is 64.9 Å². The summed E-state index contributed by atoms with van der Waals surface area (Å²) in [6, 6.07) is 7.45. The van der Waals surface area contributed by atoms with Crippen LogP contribution in [0.5, 0.6) is 5.75 Å². The lowest BCUT2D eigenvalue weighted by Gasteiger charge is -2.29. The number of pyridine rings is 1. The molecule has 2 aromatic heterocycles. The Hall–Kier alpha value is -3.65. The van der Waals surface area contributed by atoms with Crippen molar-refractivity contribution in [1.82, 2.24) is 10.3 Å². The fourth-order valence-corrected chi connectivity index (χ4v) is 6.10. The van der Waals surface area contributed by atoms with Gasteiger partial charge in [0.25, 0.3) is 5.91 Å². The first-order valence-corrected chi connectivity index (χ1v) is 12.8. The highest BCUT2D eigenvalue weighted by atomic mass is 32.1. The summed E-state index contributed by atoms with van der Waals surface area (Å²) in [5.74, 6) is 1.73. The normalized spacial score (nSPS) is 19.3. The van der Waals surface area contributed by atoms with Crippen molar-refractivity contribution >= 4 is 50.6 Å². The minimum atomic E-state index is -0.300. The van der Waals surface area contributed by atoms with Crippen LogP contribution in [0.25, 0.3) is 10.2 Å². The molecule has 0 radical (unpaired) electrons. The summed E-state index contributed by atoms with van der Waals surface area (Å²) in [6.45, 7) is 4.05. The van der Waals surface area contributed by atoms with E-state index < -0.39 is 0 Å². The second-order valence-electron chi connectivity index (χ2n) is 9.33. The van der Waals surface area contributed by atoms with E-state index in [9.17, 15) is 9.59 Å². The van der Waals surface area contributed by atoms with Crippen LogP contribution in [-0.4, -0.2) is 23.0 Å². The second-order valence-corrected chi connectivity index (χ2v) is 10.3. The van der Waals surface area contributed by atoms with E-state index in [1.54, 1.807) is 11.1 Å². The molecular formula is C27H26N4O3S. The lowest BCUT2D eigenvalue weighted by atomic mass is 10.1. The third kappa shape index (κ3) is 3.78. The molecule has 35 heavy (non-hydrogen) atoms. The van der Waals surface area contributed by atoms with Crippen molar-refractivity contribution < 1.29 is 14.3 Å². The van der Waals surface area contributed by atoms with Gasteiger partial charge < -0.3 is 15.4 Å². The average Bonchev–Trinajstić information content (AvgIpc) is 3.57. The van der Waals surface area contributed by atoms with Gasteiger partial charge in [-0.05, 0) is 55.7 Å². The van der Waals surface area contributed by atoms with Gasteiger partial charge in [-0.1, -0.05) is 31.9 Å². The standard InChI is InChI=1S/C27H26N4O3S/c1-15-6-5-9-21(15)34-18-10-11-19(16(2)14-18)31-20-12-13-28-26-22(20)23(30-27(31)33)24(35-26)25(32)29-17-7-3-4-8-17/h5-6,9-15,17H,3-4,7-8H2,1-2H3,(H,29,32)(H,30,33). The molecule has 7 nitrogen and oxygen atoms in total. The number of rotatable bonds is 5. The van der Waals surface area contributed by atoms with E-state index in [1.165, 1.54) is 11.3 Å². The Balaban J connectivity index is 1.35. The second kappa shape index (κ2) is 8.53. The zero-order chi connectivity index (χ0) is 24.1. The SMILES string of the molecule is Cc1cc(OC2=CC=CC2C)ccc1N1C(=O)Nc2c(C(=O)NC3CCCC3)sc3nccc1c23. The molecule has 1 saturated carbocycles. The Kier molecular flexibility index (Phi) is 5.33. The summed E-state index contributed by atoms with van der Waals surface area (Å²) in [6.07, 6.45) is 12.0. The molecule has 0 bridgehead atoms. The van der Waals surface area contributed by atoms with Crippen LogP contribution >= 0.6 is 11.3 Å². The molecule has 1 aromatic carbocycles. The van der Waals surface area contributed by atoms with E-state index in [0.717, 1.165) is 64.3 Å². The van der Waals surface area contributed by atoms with Gasteiger partial charge in [-0.3, -0.25) is 9.69 Å². The first-order valence-electron chi connectivity index (χ1n) is 12.0. The topological polar surface area (TPSA) is 83.6 Å². The molecule has 178 valence electrons. The molecule has 3 aromatic rings. The highest BCUT2D eigenvalue weighted by Gasteiger charge is 2.34. The Labute approximate surface area is 207 Å². The highest BCUT2D eigenvalue weighted by Crippen LogP contribution is 2.46. The van der Waals surface area contributed by atoms with Crippen LogP contribution in [0.3, 0.4) is 0 Å². The van der Waals surface area contributed by atoms with Gasteiger partial charge in [-0.2, -0.15) is 0 Å². The fourth-order valence-electron chi connectivity index (χ4n) is 5.07. The van der Waals surface area contributed by atoms with Crippen molar-refractivity contribution in [2.45, 2.75) is 45.6 Å². The molecule has 3 aliphatic rings. The van der Waals surface area contributed by atoms with Crippen LogP contribution in [0.1, 0.15) is 47.8 Å². The van der Waals surface area contributed by atoms with Crippen LogP contribution in [0.4, 0.5) is 21.9 Å². The predicted molar refractivity (Wildman–Crippen MR) is 139 cm³/mol. The first kappa shape index (κ1) is 21.9. The molecule has 6 rings (SSSR count). The van der Waals surface area contributed by atoms with Gasteiger partial charge in [0.05, 0.1) is 22.4 Å². The maximum atomic E-state index is 13.4. The van der Waals surface area contributed by atoms with Gasteiger partial charge in [0.1, 0.15) is 21.2 Å². The minimum Gasteiger partial charge on any atom is -0.461 e. The summed E-state index contributed by atoms with van der Waals surface area (Å²) in [7, 11) is 0. The largest absolute Gasteiger partial charge is 0.461 e. The molecule has 3 amide bonds. The number of carbonyl (C=O) groups excluding carboxylic acids is 2. The lowest BCUT2D eigenvalue weighted by Crippen LogP contribution is -2.36. The zero-order valence-electron chi connectivity index (χ0n) is 19.6. The molecule has 3 heterocycles. The predicted octanol–water partition coefficient (Wildman–Crippen LogP) is 6.43. The van der Waals surface area contributed by atoms with Crippen LogP contribution in [0.15, 0.2) is 54.4 Å². The highest BCUT2D eigenvalue weighted by molar-refractivity contribution is 7.21. The number of nitrogens with one attached hydrogen (secondary N) is 2. The monoisotopic (exact) mass is 486 g/mol. The van der Waals surface area contributed by atoms with Crippen molar-refractivity contribution in [3.8, 4) is 5.75 Å². The zero-order valence-corrected chi connectivity index (χ0v) is 20.4. The van der Waals surface area contributed by atoms with Crippen molar-refractivity contribution in [1.29, 1.82) is 0 Å². The average molecular weight is 487 g/mol. The molecule has 0 spiro atoms. The Morgan fingerprint density at radius 1 is 1.23 bits per heavy atom. The maximum absolute atomic E-state index is 13.4. The van der Waals surface area contributed by atoms with Gasteiger partial charge in [-0.15, -0.1) is 11.3 Å². The summed E-state index contributed by atoms with van der Waals surface area (Å²) >= 11 is 1.32. The van der Waals surface area contributed by atoms with Crippen LogP contribution in [0, 0.1) is 12.8 Å². The van der Waals surface area contributed by atoms with Gasteiger partial charge in [0.15, 0.2) is 0 Å². The Bertz CT molecular complexity index is 1420. The number of aromatic nitrogens is 1. The van der Waals surface area contributed by atoms with E-state index >= 15 is 0 Å². The molecule has 8 heteroatoms. The van der Waals surface area contributed by atoms with Crippen LogP contribution < -0.4 is 20.3 Å². The van der Waals surface area contributed by atoms with Gasteiger partial charge in [-0.25, -0.2) is 9.78 Å². The number of aryl methyl sites for hydroxylation is 1. The number of anilines is 3. The summed E-state index contributed by atoms with van der Waals surface area (Å²) < 4.78 is 6.06. The number of hydrogen-bond donors (Lipinski definition) is 2. The van der Waals surface area contributed by atoms with Crippen molar-refractivity contribution in [2.24, 2.45) is 5.92 Å². The smallest absolute Gasteiger partial charge is 0.331 e. The van der Waals surface area contributed by atoms with Gasteiger partial charge >= 0.3 is 6.03 Å². The van der Waals surface area contributed by atoms with Gasteiger partial charge in [0, 0.05) is 18.2 Å². The van der Waals surface area contributed by atoms with Gasteiger partial charge in [0.2, 0.25) is 0 Å². The van der Waals surface area contributed by atoms with E-state index in [2.05, 4.69) is 28.6 Å². The number of nitrogens with zero attached hydrogens (tertiary/aromatic N) is 2. The van der Waals surface area contributed by atoms with E-state index in [0.29, 0.717) is 10.6 Å². The third-order valence-electron chi connectivity index (χ3n) is 6.90. The van der Waals surface area contributed by atoms with Crippen molar-refractivity contribution in [3.63, 3.8) is 0 Å². The third-order valence-corrected chi connectivity index (χ3v) is 7.99. The Morgan fingerprint density at radius 3 is 2.80 bits per heavy atom. The maximum Gasteiger partial charge on any atom is 0.331 e. The molecular weight excluding hydrogens is 460 g/mol. The summed E-state index contributed by atoms with van der Waals surface area (Å²) in [4.78, 5) is 33.9. The van der Waals surface area contributed by atoms with E-state index in [4.69, 9.17) is 4.74 Å². The van der Waals surface area contributed by atoms with Crippen LogP contribution in [-0.2, 0) is 0 Å². The minimum absolute atomic E-state index is 0.141. The van der Waals surface area contributed by atoms with E-state index in [1.807, 2.05) is 43.3 Å². The molecule has 1 fully saturated rings. The van der Waals surface area contributed by atoms with E-state index in [-0.39, 0.29) is 23.9 Å². The molecule has 0 saturated heterocycles. The number of carbonyl (C=O) groups is 2. The summed E-state index contributed by atoms with van der Waals surface area (Å²) in [5, 5.41) is 6.91. The van der Waals surface area contributed by atoms with Crippen molar-refractivity contribution in [2.75, 3.05) is 10.2 Å². The number of benzene rings is 1. The summed E-state index contributed by atoms with van der Waals surface area (Å²) in [5.41, 5.74) is 2.93. The molecule has 1 unspecified atom stereocenters. The number of ether oxygens (including phenoxy) is 1. The number of hydrogen-bond acceptors (Lipinski definition) is 5. The molecule has 1 atom stereocenters. The molecule has 2 aliphatic carbocycles. The Morgan fingerprint density at radius 2 is 2.06 bits per heavy atom. The lowest BCUT2D eigenvalue weighted by molar-refractivity contribution is 0.0943. The number of thiophene rings is 1. The first-order chi connectivity index (χ1) is 17.0. The van der Waals surface area contributed by atoms with Crippen LogP contribution in [0.2, 0.25) is 0 Å². The number of allylic oxidation sites excluding steroid dienone is 3. The number of urea groups is 1. The quantitative estimate of drug-likeness (QED) is 0.435. The molecule has 2 N–H and O–H groups in total. The molecule has 1 aliphatic heterocycles. The fraction of sp³-hybridized carbons (Fsp3) is 0.296.